The van der Waals surface area contributed by atoms with Gasteiger partial charge in [-0.2, -0.15) is 4.79 Å². The highest BCUT2D eigenvalue weighted by molar-refractivity contribution is 7.97. The van der Waals surface area contributed by atoms with E-state index in [1.54, 1.807) is 0 Å². The van der Waals surface area contributed by atoms with Crippen molar-refractivity contribution in [3.05, 3.63) is 96.5 Å². The number of hydrogen-bond acceptors (Lipinski definition) is 0. The van der Waals surface area contributed by atoms with Crippen LogP contribution in [0.3, 0.4) is 0 Å². The summed E-state index contributed by atoms with van der Waals surface area (Å²) in [5, 5.41) is 0. The highest BCUT2D eigenvalue weighted by atomic mass is 32.2. The molecule has 2 nitrogen and oxygen atoms in total. The van der Waals surface area contributed by atoms with Crippen molar-refractivity contribution in [2.75, 3.05) is 0 Å². The molecule has 3 aromatic carbocycles. The maximum absolute atomic E-state index is 7.08. The smallest absolute Gasteiger partial charge is 0.245 e. The highest BCUT2D eigenvalue weighted by Crippen LogP contribution is 2.30. The lowest BCUT2D eigenvalue weighted by atomic mass is 10.4. The van der Waals surface area contributed by atoms with Crippen molar-refractivity contribution < 1.29 is 4.79 Å². The topological polar surface area (TPSA) is 36.4 Å². The van der Waals surface area contributed by atoms with Crippen LogP contribution >= 0.6 is 0 Å². The minimum Gasteiger partial charge on any atom is -0.362 e. The zero-order valence-corrected chi connectivity index (χ0v) is 13.0. The summed E-state index contributed by atoms with van der Waals surface area (Å²) >= 11 is 0. The van der Waals surface area contributed by atoms with Crippen LogP contribution in [-0.2, 0) is 10.9 Å². The van der Waals surface area contributed by atoms with Gasteiger partial charge in [-0.1, -0.05) is 54.6 Å². The van der Waals surface area contributed by atoms with E-state index in [9.17, 15) is 0 Å². The molecule has 3 aromatic rings. The zero-order valence-electron chi connectivity index (χ0n) is 12.2. The van der Waals surface area contributed by atoms with Crippen LogP contribution < -0.4 is 0 Å². The molecule has 0 spiro atoms. The average Bonchev–Trinajstić information content (AvgIpc) is 2.59. The van der Waals surface area contributed by atoms with Crippen LogP contribution in [0.15, 0.2) is 106 Å². The predicted octanol–water partition coefficient (Wildman–Crippen LogP) is 4.70. The van der Waals surface area contributed by atoms with Gasteiger partial charge in [0.2, 0.25) is 6.72 Å². The minimum atomic E-state index is -0.0146. The third-order valence-electron chi connectivity index (χ3n) is 2.94. The van der Waals surface area contributed by atoms with E-state index < -0.39 is 0 Å². The summed E-state index contributed by atoms with van der Waals surface area (Å²) in [6, 6.07) is 32.2. The molecule has 0 atom stereocenters. The molecule has 0 bridgehead atoms. The Bertz CT molecular complexity index is 612. The van der Waals surface area contributed by atoms with Gasteiger partial charge in [-0.15, -0.1) is 0 Å². The molecule has 0 aromatic heterocycles. The molecular formula is C19H17N2S+. The summed E-state index contributed by atoms with van der Waals surface area (Å²) in [4.78, 5) is 6.33. The van der Waals surface area contributed by atoms with Gasteiger partial charge in [-0.05, 0) is 36.4 Å². The van der Waals surface area contributed by atoms with Crippen molar-refractivity contribution >= 4 is 17.6 Å². The molecule has 0 heterocycles. The molecule has 0 aliphatic rings. The molecule has 0 N–H and O–H groups in total. The zero-order chi connectivity index (χ0) is 15.6. The summed E-state index contributed by atoms with van der Waals surface area (Å²) in [7, 11) is -0.0146. The first-order chi connectivity index (χ1) is 10.9. The number of benzene rings is 3. The summed E-state index contributed by atoms with van der Waals surface area (Å²) in [5.74, 6) is 0. The van der Waals surface area contributed by atoms with E-state index in [0.29, 0.717) is 0 Å². The van der Waals surface area contributed by atoms with E-state index in [4.69, 9.17) is 5.53 Å². The molecule has 108 valence electrons. The average molecular weight is 305 g/mol. The van der Waals surface area contributed by atoms with Crippen LogP contribution in [0.4, 0.5) is 0 Å². The monoisotopic (exact) mass is 305 g/mol. The van der Waals surface area contributed by atoms with E-state index >= 15 is 0 Å². The Morgan fingerprint density at radius 1 is 0.591 bits per heavy atom. The molecule has 0 aliphatic carbocycles. The van der Waals surface area contributed by atoms with Gasteiger partial charge in [-0.3, -0.25) is 0 Å². The highest BCUT2D eigenvalue weighted by Gasteiger charge is 2.27. The fourth-order valence-corrected chi connectivity index (χ4v) is 4.18. The Hall–Kier alpha value is -2.61. The van der Waals surface area contributed by atoms with Crippen molar-refractivity contribution in [2.45, 2.75) is 14.7 Å². The summed E-state index contributed by atoms with van der Waals surface area (Å²) < 4.78 is 0. The van der Waals surface area contributed by atoms with Gasteiger partial charge in [0.05, 0.1) is 10.9 Å². The van der Waals surface area contributed by atoms with Crippen molar-refractivity contribution in [3.63, 3.8) is 0 Å². The molecule has 22 heavy (non-hydrogen) atoms. The Morgan fingerprint density at radius 3 is 1.05 bits per heavy atom. The third-order valence-corrected chi connectivity index (χ3v) is 5.17. The summed E-state index contributed by atoms with van der Waals surface area (Å²) in [6.45, 7) is 2.67. The van der Waals surface area contributed by atoms with Gasteiger partial charge in [0.25, 0.3) is 0 Å². The maximum atomic E-state index is 7.08. The third kappa shape index (κ3) is 4.19. The van der Waals surface area contributed by atoms with Gasteiger partial charge >= 0.3 is 0 Å². The van der Waals surface area contributed by atoms with Crippen LogP contribution in [0.2, 0.25) is 0 Å². The second kappa shape index (κ2) is 8.63. The van der Waals surface area contributed by atoms with Crippen LogP contribution in [0.1, 0.15) is 0 Å². The molecule has 0 aliphatic heterocycles. The lowest BCUT2D eigenvalue weighted by molar-refractivity contribution is 0.0110. The fourth-order valence-electron chi connectivity index (χ4n) is 2.08. The van der Waals surface area contributed by atoms with Gasteiger partial charge in [0.1, 0.15) is 0 Å². The lowest BCUT2D eigenvalue weighted by Gasteiger charge is -2.07. The first-order valence-corrected chi connectivity index (χ1v) is 8.09. The van der Waals surface area contributed by atoms with Crippen molar-refractivity contribution in [2.24, 2.45) is 0 Å². The fraction of sp³-hybridized carbons (Fsp3) is 0. The first kappa shape index (κ1) is 15.8. The molecule has 3 heteroatoms. The van der Waals surface area contributed by atoms with Gasteiger partial charge < -0.3 is 5.53 Å². The predicted molar refractivity (Wildman–Crippen MR) is 92.2 cm³/mol. The molecule has 0 unspecified atom stereocenters. The quantitative estimate of drug-likeness (QED) is 0.291. The second-order valence-electron chi connectivity index (χ2n) is 4.39. The maximum Gasteiger partial charge on any atom is 0.245 e. The molecule has 3 rings (SSSR count). The van der Waals surface area contributed by atoms with Gasteiger partial charge in [0, 0.05) is 0 Å². The number of nitrogens with zero attached hydrogens (tertiary/aromatic N) is 2. The second-order valence-corrected chi connectivity index (χ2v) is 6.41. The molecule has 0 saturated heterocycles. The van der Waals surface area contributed by atoms with Crippen LogP contribution in [-0.4, -0.2) is 11.5 Å². The van der Waals surface area contributed by atoms with Crippen LogP contribution in [0.5, 0.6) is 0 Å². The molecule has 0 saturated carbocycles. The summed E-state index contributed by atoms with van der Waals surface area (Å²) in [6.07, 6.45) is 0. The van der Waals surface area contributed by atoms with Crippen molar-refractivity contribution in [1.29, 1.82) is 0 Å². The minimum absolute atomic E-state index is 0.0146. The lowest BCUT2D eigenvalue weighted by Crippen LogP contribution is -2.04. The standard InChI is InChI=1S/C18H15S.CH2N2/c1-4-10-16(11-5-1)19(17-12-6-2-7-13-17)18-14-8-3-9-15-18;1-3-2/h1-15H;1H2/q+1;. The van der Waals surface area contributed by atoms with E-state index in [1.165, 1.54) is 14.7 Å². The largest absolute Gasteiger partial charge is 0.362 e. The van der Waals surface area contributed by atoms with E-state index in [0.717, 1.165) is 0 Å². The number of hydrogen-bond donors (Lipinski definition) is 0. The Kier molecular flexibility index (Phi) is 6.18. The molecule has 0 amide bonds. The molecule has 0 radical (unpaired) electrons. The van der Waals surface area contributed by atoms with Crippen LogP contribution in [0, 0.1) is 0 Å². The Balaban J connectivity index is 0.000000545. The van der Waals surface area contributed by atoms with E-state index in [-0.39, 0.29) is 10.9 Å². The molecular weight excluding hydrogens is 288 g/mol. The van der Waals surface area contributed by atoms with Crippen molar-refractivity contribution in [3.8, 4) is 0 Å². The first-order valence-electron chi connectivity index (χ1n) is 6.86. The van der Waals surface area contributed by atoms with Crippen LogP contribution in [0.25, 0.3) is 5.53 Å². The Morgan fingerprint density at radius 2 is 0.818 bits per heavy atom. The van der Waals surface area contributed by atoms with Gasteiger partial charge in [0.15, 0.2) is 14.7 Å². The number of rotatable bonds is 3. The van der Waals surface area contributed by atoms with Crippen molar-refractivity contribution in [1.82, 2.24) is 0 Å². The normalized spacial score (nSPS) is 9.50. The SMILES string of the molecule is C=[N+]=[N-].c1ccc([S+](c2ccccc2)c2ccccc2)cc1. The summed E-state index contributed by atoms with van der Waals surface area (Å²) in [5.41, 5.74) is 7.08. The van der Waals surface area contributed by atoms with E-state index in [1.807, 2.05) is 0 Å². The van der Waals surface area contributed by atoms with E-state index in [2.05, 4.69) is 103 Å². The van der Waals surface area contributed by atoms with Gasteiger partial charge in [-0.25, -0.2) is 0 Å². The molecule has 0 fully saturated rings. The Labute approximate surface area is 134 Å².